The molecule has 1 unspecified atom stereocenters. The molecule has 170 valence electrons. The van der Waals surface area contributed by atoms with Gasteiger partial charge in [0.15, 0.2) is 5.13 Å². The lowest BCUT2D eigenvalue weighted by Gasteiger charge is -2.37. The Labute approximate surface area is 187 Å². The van der Waals surface area contributed by atoms with E-state index in [1.807, 2.05) is 13.8 Å². The van der Waals surface area contributed by atoms with E-state index < -0.39 is 33.5 Å². The molecule has 0 radical (unpaired) electrons. The molecular weight excluding hydrogens is 465 g/mol. The van der Waals surface area contributed by atoms with Crippen molar-refractivity contribution in [2.45, 2.75) is 43.0 Å². The van der Waals surface area contributed by atoms with Gasteiger partial charge in [0.1, 0.15) is 23.2 Å². The zero-order valence-corrected chi connectivity index (χ0v) is 18.6. The minimum absolute atomic E-state index is 0.00238. The van der Waals surface area contributed by atoms with Crippen LogP contribution in [0, 0.1) is 0 Å². The normalized spacial score (nSPS) is 17.8. The highest BCUT2D eigenvalue weighted by Crippen LogP contribution is 2.43. The summed E-state index contributed by atoms with van der Waals surface area (Å²) >= 11 is 1.15. The Morgan fingerprint density at radius 3 is 2.53 bits per heavy atom. The van der Waals surface area contributed by atoms with E-state index in [9.17, 15) is 21.6 Å². The molecule has 2 aromatic carbocycles. The Morgan fingerprint density at radius 2 is 1.91 bits per heavy atom. The van der Waals surface area contributed by atoms with E-state index in [1.54, 1.807) is 11.4 Å². The summed E-state index contributed by atoms with van der Waals surface area (Å²) in [6.45, 7) is 3.65. The molecule has 0 saturated heterocycles. The molecule has 4 rings (SSSR count). The molecule has 0 amide bonds. The van der Waals surface area contributed by atoms with Crippen molar-refractivity contribution >= 4 is 26.5 Å². The number of benzene rings is 2. The van der Waals surface area contributed by atoms with Gasteiger partial charge in [0, 0.05) is 29.6 Å². The third-order valence-electron chi connectivity index (χ3n) is 4.82. The maximum Gasteiger partial charge on any atom is 0.416 e. The van der Waals surface area contributed by atoms with Gasteiger partial charge in [0.2, 0.25) is 0 Å². The smallest absolute Gasteiger partial charge is 0.416 e. The molecule has 2 heterocycles. The fraction of sp³-hybridized carbons (Fsp3) is 0.286. The summed E-state index contributed by atoms with van der Waals surface area (Å²) in [6.07, 6.45) is -3.05. The number of alkyl halides is 3. The summed E-state index contributed by atoms with van der Waals surface area (Å²) < 4.78 is 78.2. The van der Waals surface area contributed by atoms with Crippen LogP contribution in [0.2, 0.25) is 0 Å². The molecular formula is C21H19F3N2O4S2. The Balaban J connectivity index is 1.62. The SMILES string of the molecule is CC1(C)CC(Oc2ccc(C(F)(F)F)cc2)c2ccc(S(=O)(=O)Nc3nccs3)cc2O1. The lowest BCUT2D eigenvalue weighted by molar-refractivity contribution is -0.137. The van der Waals surface area contributed by atoms with Crippen LogP contribution in [0.3, 0.4) is 0 Å². The van der Waals surface area contributed by atoms with Crippen LogP contribution >= 0.6 is 11.3 Å². The lowest BCUT2D eigenvalue weighted by Crippen LogP contribution is -2.36. The number of nitrogens with one attached hydrogen (secondary N) is 1. The average Bonchev–Trinajstić information content (AvgIpc) is 3.18. The van der Waals surface area contributed by atoms with E-state index in [1.165, 1.54) is 30.5 Å². The number of ether oxygens (including phenoxy) is 2. The first-order valence-corrected chi connectivity index (χ1v) is 11.9. The fourth-order valence-corrected chi connectivity index (χ4v) is 5.18. The zero-order valence-electron chi connectivity index (χ0n) is 17.0. The van der Waals surface area contributed by atoms with Gasteiger partial charge in [-0.2, -0.15) is 13.2 Å². The van der Waals surface area contributed by atoms with Crippen molar-refractivity contribution in [2.75, 3.05) is 4.72 Å². The molecule has 1 atom stereocenters. The topological polar surface area (TPSA) is 77.5 Å². The van der Waals surface area contributed by atoms with Crippen LogP contribution in [-0.2, 0) is 16.2 Å². The van der Waals surface area contributed by atoms with E-state index in [4.69, 9.17) is 9.47 Å². The highest BCUT2D eigenvalue weighted by atomic mass is 32.2. The molecule has 0 fully saturated rings. The number of hydrogen-bond acceptors (Lipinski definition) is 6. The second-order valence-electron chi connectivity index (χ2n) is 7.84. The van der Waals surface area contributed by atoms with Gasteiger partial charge < -0.3 is 9.47 Å². The van der Waals surface area contributed by atoms with Gasteiger partial charge in [0.05, 0.1) is 10.5 Å². The number of fused-ring (bicyclic) bond motifs is 1. The molecule has 0 spiro atoms. The van der Waals surface area contributed by atoms with Crippen LogP contribution in [-0.4, -0.2) is 19.0 Å². The summed E-state index contributed by atoms with van der Waals surface area (Å²) in [5.74, 6) is 0.606. The molecule has 1 aliphatic rings. The van der Waals surface area contributed by atoms with Crippen molar-refractivity contribution in [1.82, 2.24) is 4.98 Å². The number of halogens is 3. The van der Waals surface area contributed by atoms with E-state index in [0.717, 1.165) is 23.5 Å². The second kappa shape index (κ2) is 7.96. The molecule has 11 heteroatoms. The average molecular weight is 485 g/mol. The molecule has 1 aromatic heterocycles. The second-order valence-corrected chi connectivity index (χ2v) is 10.4. The molecule has 6 nitrogen and oxygen atoms in total. The van der Waals surface area contributed by atoms with Crippen molar-refractivity contribution in [3.05, 3.63) is 65.2 Å². The van der Waals surface area contributed by atoms with Crippen molar-refractivity contribution in [2.24, 2.45) is 0 Å². The Kier molecular flexibility index (Phi) is 5.58. The quantitative estimate of drug-likeness (QED) is 0.507. The highest BCUT2D eigenvalue weighted by Gasteiger charge is 2.36. The standard InChI is InChI=1S/C21H19F3N2O4S2/c1-20(2)12-18(29-14-5-3-13(4-6-14)21(22,23)24)16-8-7-15(11-17(16)30-20)32(27,28)26-19-25-9-10-31-19/h3-11,18H,12H2,1-2H3,(H,25,26). The summed E-state index contributed by atoms with van der Waals surface area (Å²) in [5.41, 5.74) is -0.841. The van der Waals surface area contributed by atoms with Crippen LogP contribution in [0.25, 0.3) is 0 Å². The van der Waals surface area contributed by atoms with Crippen molar-refractivity contribution in [1.29, 1.82) is 0 Å². The Morgan fingerprint density at radius 1 is 1.19 bits per heavy atom. The zero-order chi connectivity index (χ0) is 23.1. The minimum atomic E-state index is -4.43. The molecule has 0 bridgehead atoms. The van der Waals surface area contributed by atoms with E-state index in [2.05, 4.69) is 9.71 Å². The summed E-state index contributed by atoms with van der Waals surface area (Å²) in [7, 11) is -3.88. The van der Waals surface area contributed by atoms with E-state index in [-0.39, 0.29) is 15.8 Å². The van der Waals surface area contributed by atoms with Gasteiger partial charge in [-0.3, -0.25) is 4.72 Å². The molecule has 32 heavy (non-hydrogen) atoms. The third-order valence-corrected chi connectivity index (χ3v) is 6.97. The number of thiazole rings is 1. The number of anilines is 1. The lowest BCUT2D eigenvalue weighted by atomic mass is 9.91. The van der Waals surface area contributed by atoms with Gasteiger partial charge >= 0.3 is 6.18 Å². The fourth-order valence-electron chi connectivity index (χ4n) is 3.37. The summed E-state index contributed by atoms with van der Waals surface area (Å²) in [4.78, 5) is 3.92. The van der Waals surface area contributed by atoms with Crippen molar-refractivity contribution in [3.8, 4) is 11.5 Å². The highest BCUT2D eigenvalue weighted by molar-refractivity contribution is 7.93. The monoisotopic (exact) mass is 484 g/mol. The maximum atomic E-state index is 12.8. The molecule has 0 saturated carbocycles. The number of rotatable bonds is 5. The molecule has 1 aliphatic heterocycles. The Hall–Kier alpha value is -2.79. The molecule has 0 aliphatic carbocycles. The van der Waals surface area contributed by atoms with Crippen molar-refractivity contribution < 1.29 is 31.1 Å². The minimum Gasteiger partial charge on any atom is -0.487 e. The van der Waals surface area contributed by atoms with Gasteiger partial charge in [-0.15, -0.1) is 11.3 Å². The summed E-state index contributed by atoms with van der Waals surface area (Å²) in [5, 5.41) is 1.90. The van der Waals surface area contributed by atoms with E-state index in [0.29, 0.717) is 17.7 Å². The maximum absolute atomic E-state index is 12.8. The Bertz CT molecular complexity index is 1210. The third kappa shape index (κ3) is 4.83. The number of sulfonamides is 1. The van der Waals surface area contributed by atoms with Gasteiger partial charge in [-0.25, -0.2) is 13.4 Å². The van der Waals surface area contributed by atoms with Gasteiger partial charge in [-0.05, 0) is 44.2 Å². The predicted octanol–water partition coefficient (Wildman–Crippen LogP) is 5.64. The van der Waals surface area contributed by atoms with Gasteiger partial charge in [0.25, 0.3) is 10.0 Å². The van der Waals surface area contributed by atoms with Crippen molar-refractivity contribution in [3.63, 3.8) is 0 Å². The summed E-state index contributed by atoms with van der Waals surface area (Å²) in [6, 6.07) is 8.88. The van der Waals surface area contributed by atoms with Crippen LogP contribution in [0.5, 0.6) is 11.5 Å². The first kappa shape index (κ1) is 22.4. The van der Waals surface area contributed by atoms with Crippen LogP contribution in [0.1, 0.15) is 37.5 Å². The van der Waals surface area contributed by atoms with Crippen LogP contribution < -0.4 is 14.2 Å². The number of aromatic nitrogens is 1. The predicted molar refractivity (Wildman–Crippen MR) is 114 cm³/mol. The molecule has 3 aromatic rings. The van der Waals surface area contributed by atoms with Crippen LogP contribution in [0.4, 0.5) is 18.3 Å². The van der Waals surface area contributed by atoms with Gasteiger partial charge in [-0.1, -0.05) is 6.07 Å². The number of nitrogens with zero attached hydrogens (tertiary/aromatic N) is 1. The largest absolute Gasteiger partial charge is 0.487 e. The number of hydrogen-bond donors (Lipinski definition) is 1. The van der Waals surface area contributed by atoms with Crippen LogP contribution in [0.15, 0.2) is 58.9 Å². The first-order chi connectivity index (χ1) is 14.9. The first-order valence-electron chi connectivity index (χ1n) is 9.52. The molecule has 1 N–H and O–H groups in total. The van der Waals surface area contributed by atoms with E-state index >= 15 is 0 Å².